The molecule has 0 aliphatic rings. The normalized spacial score (nSPS) is 11.9. The SMILES string of the molecule is CNC(=O)[C@H](CSC)NC(=O)I. The van der Waals surface area contributed by atoms with Crippen LogP contribution in [-0.4, -0.2) is 34.9 Å². The number of nitrogens with one attached hydrogen (secondary N) is 2. The van der Waals surface area contributed by atoms with Crippen LogP contribution < -0.4 is 10.6 Å². The second kappa shape index (κ2) is 6.53. The second-order valence-corrected chi connectivity index (χ2v) is 3.93. The maximum atomic E-state index is 11.1. The Morgan fingerprint density at radius 3 is 2.50 bits per heavy atom. The first-order valence-electron chi connectivity index (χ1n) is 3.28. The van der Waals surface area contributed by atoms with E-state index in [0.717, 1.165) is 0 Å². The molecule has 0 rings (SSSR count). The molecule has 12 heavy (non-hydrogen) atoms. The van der Waals surface area contributed by atoms with Crippen molar-refractivity contribution in [3.8, 4) is 0 Å². The van der Waals surface area contributed by atoms with Crippen LogP contribution in [-0.2, 0) is 4.79 Å². The van der Waals surface area contributed by atoms with E-state index in [1.807, 2.05) is 6.26 Å². The van der Waals surface area contributed by atoms with Gasteiger partial charge in [-0.25, -0.2) is 0 Å². The minimum absolute atomic E-state index is 0.158. The average Bonchev–Trinajstić information content (AvgIpc) is 2.01. The molecule has 0 aromatic rings. The Morgan fingerprint density at radius 2 is 2.17 bits per heavy atom. The van der Waals surface area contributed by atoms with Gasteiger partial charge in [0.2, 0.25) is 5.91 Å². The Balaban J connectivity index is 4.02. The highest BCUT2D eigenvalue weighted by molar-refractivity contribution is 14.1. The maximum absolute atomic E-state index is 11.1. The van der Waals surface area contributed by atoms with E-state index >= 15 is 0 Å². The fraction of sp³-hybridized carbons (Fsp3) is 0.667. The minimum Gasteiger partial charge on any atom is -0.357 e. The number of amides is 2. The molecule has 0 aromatic carbocycles. The summed E-state index contributed by atoms with van der Waals surface area (Å²) in [6.07, 6.45) is 1.88. The standard InChI is InChI=1S/C6H11IN2O2S/c1-8-5(10)4(3-12-2)9-6(7)11/h4H,3H2,1-2H3,(H,8,10)(H,9,11)/t4-/m0/s1. The minimum atomic E-state index is -0.422. The van der Waals surface area contributed by atoms with Gasteiger partial charge < -0.3 is 10.6 Å². The first-order chi connectivity index (χ1) is 5.61. The topological polar surface area (TPSA) is 58.2 Å². The van der Waals surface area contributed by atoms with Crippen LogP contribution in [0.4, 0.5) is 4.79 Å². The summed E-state index contributed by atoms with van der Waals surface area (Å²) in [7, 11) is 1.55. The van der Waals surface area contributed by atoms with E-state index < -0.39 is 6.04 Å². The molecule has 0 aromatic heterocycles. The van der Waals surface area contributed by atoms with Crippen LogP contribution >= 0.6 is 34.4 Å². The number of halogens is 1. The van der Waals surface area contributed by atoms with E-state index in [0.29, 0.717) is 5.75 Å². The van der Waals surface area contributed by atoms with Crippen LogP contribution in [0.1, 0.15) is 0 Å². The molecular weight excluding hydrogens is 291 g/mol. The summed E-state index contributed by atoms with van der Waals surface area (Å²) in [5, 5.41) is 5.03. The molecule has 0 aliphatic heterocycles. The van der Waals surface area contributed by atoms with Gasteiger partial charge >= 0.3 is 0 Å². The van der Waals surface area contributed by atoms with Crippen LogP contribution in [0, 0.1) is 0 Å². The van der Waals surface area contributed by atoms with Crippen molar-refractivity contribution >= 4 is 44.2 Å². The van der Waals surface area contributed by atoms with Crippen molar-refractivity contribution in [2.45, 2.75) is 6.04 Å². The lowest BCUT2D eigenvalue weighted by Crippen LogP contribution is -2.45. The van der Waals surface area contributed by atoms with Gasteiger partial charge in [0.15, 0.2) is 0 Å². The fourth-order valence-corrected chi connectivity index (χ4v) is 1.60. The van der Waals surface area contributed by atoms with Crippen LogP contribution in [0.15, 0.2) is 0 Å². The molecule has 0 radical (unpaired) electrons. The fourth-order valence-electron chi connectivity index (χ4n) is 0.661. The van der Waals surface area contributed by atoms with Crippen molar-refractivity contribution in [2.24, 2.45) is 0 Å². The largest absolute Gasteiger partial charge is 0.357 e. The van der Waals surface area contributed by atoms with E-state index in [9.17, 15) is 9.59 Å². The summed E-state index contributed by atoms with van der Waals surface area (Å²) in [6, 6.07) is -0.422. The van der Waals surface area contributed by atoms with Gasteiger partial charge in [0.25, 0.3) is 3.91 Å². The van der Waals surface area contributed by atoms with E-state index in [2.05, 4.69) is 10.6 Å². The van der Waals surface area contributed by atoms with Gasteiger partial charge in [-0.1, -0.05) is 0 Å². The lowest BCUT2D eigenvalue weighted by atomic mass is 10.3. The molecule has 0 saturated heterocycles. The smallest absolute Gasteiger partial charge is 0.281 e. The maximum Gasteiger partial charge on any atom is 0.281 e. The van der Waals surface area contributed by atoms with Crippen molar-refractivity contribution in [2.75, 3.05) is 19.1 Å². The van der Waals surface area contributed by atoms with Crippen molar-refractivity contribution in [1.82, 2.24) is 10.6 Å². The zero-order valence-corrected chi connectivity index (χ0v) is 9.86. The van der Waals surface area contributed by atoms with E-state index in [1.54, 1.807) is 29.6 Å². The average molecular weight is 302 g/mol. The Hall–Kier alpha value is 0.0200. The number of hydrogen-bond acceptors (Lipinski definition) is 3. The molecule has 0 bridgehead atoms. The van der Waals surface area contributed by atoms with Gasteiger partial charge in [0.05, 0.1) is 0 Å². The Bertz CT molecular complexity index is 177. The summed E-state index contributed by atoms with van der Waals surface area (Å²) < 4.78 is -0.213. The third kappa shape index (κ3) is 4.81. The van der Waals surface area contributed by atoms with E-state index in [4.69, 9.17) is 0 Å². The summed E-state index contributed by atoms with van der Waals surface area (Å²) in [4.78, 5) is 21.7. The van der Waals surface area contributed by atoms with Gasteiger partial charge in [0.1, 0.15) is 6.04 Å². The third-order valence-corrected chi connectivity index (χ3v) is 2.16. The van der Waals surface area contributed by atoms with Crippen molar-refractivity contribution in [3.63, 3.8) is 0 Å². The van der Waals surface area contributed by atoms with Gasteiger partial charge in [-0.3, -0.25) is 9.59 Å². The monoisotopic (exact) mass is 302 g/mol. The van der Waals surface area contributed by atoms with E-state index in [-0.39, 0.29) is 9.82 Å². The van der Waals surface area contributed by atoms with Crippen molar-refractivity contribution < 1.29 is 9.59 Å². The lowest BCUT2D eigenvalue weighted by molar-refractivity contribution is -0.121. The molecule has 0 spiro atoms. The second-order valence-electron chi connectivity index (χ2n) is 2.04. The highest BCUT2D eigenvalue weighted by Crippen LogP contribution is 1.99. The lowest BCUT2D eigenvalue weighted by Gasteiger charge is -2.13. The zero-order chi connectivity index (χ0) is 9.56. The van der Waals surface area contributed by atoms with Crippen LogP contribution in [0.5, 0.6) is 0 Å². The molecule has 0 fully saturated rings. The molecule has 70 valence electrons. The van der Waals surface area contributed by atoms with Gasteiger partial charge in [-0.15, -0.1) is 0 Å². The van der Waals surface area contributed by atoms with Gasteiger partial charge in [-0.05, 0) is 6.26 Å². The molecule has 0 unspecified atom stereocenters. The summed E-state index contributed by atoms with van der Waals surface area (Å²) in [5.41, 5.74) is 0. The van der Waals surface area contributed by atoms with Crippen molar-refractivity contribution in [3.05, 3.63) is 0 Å². The Morgan fingerprint density at radius 1 is 1.58 bits per heavy atom. The molecule has 4 nitrogen and oxygen atoms in total. The predicted octanol–water partition coefficient (Wildman–Crippen LogP) is 0.609. The molecule has 0 heterocycles. The first kappa shape index (κ1) is 12.0. The van der Waals surface area contributed by atoms with E-state index in [1.165, 1.54) is 11.8 Å². The number of thioether (sulfide) groups is 1. The number of likely N-dealkylation sites (N-methyl/N-ethyl adjacent to an activating group) is 1. The molecule has 0 aliphatic carbocycles. The van der Waals surface area contributed by atoms with Crippen molar-refractivity contribution in [1.29, 1.82) is 0 Å². The quantitative estimate of drug-likeness (QED) is 0.454. The van der Waals surface area contributed by atoms with Crippen LogP contribution in [0.2, 0.25) is 0 Å². The van der Waals surface area contributed by atoms with Gasteiger partial charge in [0, 0.05) is 35.4 Å². The first-order valence-corrected chi connectivity index (χ1v) is 5.75. The molecule has 6 heteroatoms. The molecule has 1 atom stereocenters. The third-order valence-electron chi connectivity index (χ3n) is 1.18. The number of carbonyl (C=O) groups is 2. The Labute approximate surface area is 89.4 Å². The molecular formula is C6H11IN2O2S. The summed E-state index contributed by atoms with van der Waals surface area (Å²) in [6.45, 7) is 0. The highest BCUT2D eigenvalue weighted by atomic mass is 127. The Kier molecular flexibility index (Phi) is 6.54. The summed E-state index contributed by atoms with van der Waals surface area (Å²) in [5.74, 6) is 0.434. The van der Waals surface area contributed by atoms with Crippen LogP contribution in [0.25, 0.3) is 0 Å². The molecule has 2 amide bonds. The number of carbonyl (C=O) groups excluding carboxylic acids is 2. The molecule has 2 N–H and O–H groups in total. The zero-order valence-electron chi connectivity index (χ0n) is 6.89. The number of hydrogen-bond donors (Lipinski definition) is 2. The number of rotatable bonds is 4. The summed E-state index contributed by atoms with van der Waals surface area (Å²) >= 11 is 3.12. The van der Waals surface area contributed by atoms with Crippen LogP contribution in [0.3, 0.4) is 0 Å². The molecule has 0 saturated carbocycles. The highest BCUT2D eigenvalue weighted by Gasteiger charge is 2.17. The predicted molar refractivity (Wildman–Crippen MR) is 58.8 cm³/mol. The van der Waals surface area contributed by atoms with Gasteiger partial charge in [-0.2, -0.15) is 11.8 Å².